The lowest BCUT2D eigenvalue weighted by Crippen LogP contribution is -2.44. The number of aryl methyl sites for hydroxylation is 1. The number of ether oxygens (including phenoxy) is 4. The molecule has 2 aromatic carbocycles. The van der Waals surface area contributed by atoms with E-state index in [-0.39, 0.29) is 30.3 Å². The lowest BCUT2D eigenvalue weighted by Gasteiger charge is -2.43. The summed E-state index contributed by atoms with van der Waals surface area (Å²) in [6.45, 7) is 8.36. The maximum atomic E-state index is 14.9. The number of anilines is 1. The third kappa shape index (κ3) is 12.0. The second-order valence-electron chi connectivity index (χ2n) is 15.4. The molecular formula is C43H61ClN4O8S. The molecule has 6 atom stereocenters. The molecule has 314 valence electrons. The van der Waals surface area contributed by atoms with Crippen molar-refractivity contribution in [2.75, 3.05) is 58.5 Å². The zero-order valence-electron chi connectivity index (χ0n) is 34.2. The Kier molecular flexibility index (Phi) is 16.7. The molecule has 2 fully saturated rings. The van der Waals surface area contributed by atoms with E-state index in [0.29, 0.717) is 69.5 Å². The zero-order valence-corrected chi connectivity index (χ0v) is 35.7. The van der Waals surface area contributed by atoms with E-state index >= 15 is 0 Å². The van der Waals surface area contributed by atoms with Crippen molar-refractivity contribution in [2.24, 2.45) is 22.1 Å². The Bertz CT molecular complexity index is 1830. The van der Waals surface area contributed by atoms with Crippen LogP contribution in [-0.2, 0) is 35.3 Å². The minimum Gasteiger partial charge on any atom is -0.491 e. The first-order valence-electron chi connectivity index (χ1n) is 20.5. The number of methoxy groups -OCH3 is 2. The lowest BCUT2D eigenvalue weighted by atomic mass is 9.70. The summed E-state index contributed by atoms with van der Waals surface area (Å²) in [4.78, 5) is 43.3. The quantitative estimate of drug-likeness (QED) is 0.158. The molecule has 3 amide bonds. The smallest absolute Gasteiger partial charge is 0.409 e. The number of hydrogen-bond acceptors (Lipinski definition) is 9. The van der Waals surface area contributed by atoms with Crippen molar-refractivity contribution < 1.29 is 37.5 Å². The number of hydrogen-bond donors (Lipinski definition) is 1. The van der Waals surface area contributed by atoms with Gasteiger partial charge in [-0.05, 0) is 119 Å². The minimum atomic E-state index is -3.64. The van der Waals surface area contributed by atoms with Gasteiger partial charge in [0.05, 0.1) is 36.9 Å². The van der Waals surface area contributed by atoms with Crippen molar-refractivity contribution >= 4 is 45.1 Å². The number of nitrogens with one attached hydrogen (secondary N) is 1. The van der Waals surface area contributed by atoms with Crippen molar-refractivity contribution in [3.05, 3.63) is 70.8 Å². The van der Waals surface area contributed by atoms with Crippen LogP contribution in [0.15, 0.2) is 59.0 Å². The van der Waals surface area contributed by atoms with Crippen LogP contribution >= 0.6 is 11.6 Å². The molecule has 3 aliphatic rings. The Morgan fingerprint density at radius 2 is 1.82 bits per heavy atom. The molecule has 1 unspecified atom stereocenters. The van der Waals surface area contributed by atoms with E-state index in [1.54, 1.807) is 37.1 Å². The molecule has 1 saturated heterocycles. The normalized spacial score (nSPS) is 26.4. The Labute approximate surface area is 344 Å². The van der Waals surface area contributed by atoms with Gasteiger partial charge in [0.15, 0.2) is 0 Å². The van der Waals surface area contributed by atoms with Gasteiger partial charge in [0.2, 0.25) is 0 Å². The number of rotatable bonds is 13. The van der Waals surface area contributed by atoms with E-state index in [2.05, 4.69) is 39.1 Å². The predicted octanol–water partition coefficient (Wildman–Crippen LogP) is 7.87. The SMILES string of the molecule is CC[C@H]1C/C=C/[C@H](OC)[C@@H]2CC[C@H]2CN(CC)c2cc(ccc2OCCCCc2cccc(Cl)c2)C(=O)N=S(=O)(NC(=O)COC2CCN(C(=O)OC)CC2)[C@@H]1C. The van der Waals surface area contributed by atoms with Gasteiger partial charge in [-0.3, -0.25) is 14.3 Å². The predicted molar refractivity (Wildman–Crippen MR) is 224 cm³/mol. The number of piperidine rings is 1. The van der Waals surface area contributed by atoms with Crippen LogP contribution < -0.4 is 14.4 Å². The number of allylic oxidation sites excluding steroid dienone is 1. The number of benzene rings is 2. The first kappa shape index (κ1) is 44.5. The Balaban J connectivity index is 1.40. The number of halogens is 1. The van der Waals surface area contributed by atoms with Crippen molar-refractivity contribution in [2.45, 2.75) is 96.0 Å². The molecule has 12 nitrogen and oxygen atoms in total. The van der Waals surface area contributed by atoms with Crippen LogP contribution in [0.3, 0.4) is 0 Å². The Morgan fingerprint density at radius 1 is 1.04 bits per heavy atom. The first-order valence-corrected chi connectivity index (χ1v) is 22.4. The molecule has 2 heterocycles. The number of amides is 3. The standard InChI is InChI=1S/C43H61ClN4O8S/c1-6-32-14-11-16-39(53-4)37-19-17-34(37)28-47(7-2)38-27-33(18-20-40(38)55-25-9-8-12-31-13-10-15-35(44)26-31)42(50)46-57(52,30(32)3)45-41(49)29-56-36-21-23-48(24-22-36)43(51)54-5/h10-11,13,15-16,18,20,26-27,30,32,34,36-37,39H,6-9,12,14,17,19,21-25,28-29H2,1-5H3,(H,45,46,49,50,52)/b16-11+/t30-,32+,34+,37-,39+,57?/m1/s1. The van der Waals surface area contributed by atoms with Gasteiger partial charge in [0.25, 0.3) is 11.8 Å². The van der Waals surface area contributed by atoms with E-state index in [4.69, 9.17) is 30.5 Å². The second kappa shape index (κ2) is 21.4. The monoisotopic (exact) mass is 828 g/mol. The van der Waals surface area contributed by atoms with Crippen LogP contribution in [0.2, 0.25) is 5.02 Å². The highest BCUT2D eigenvalue weighted by atomic mass is 35.5. The maximum Gasteiger partial charge on any atom is 0.409 e. The summed E-state index contributed by atoms with van der Waals surface area (Å²) >= 11 is 6.18. The number of carbonyl (C=O) groups is 3. The highest BCUT2D eigenvalue weighted by Gasteiger charge is 2.38. The topological polar surface area (TPSA) is 136 Å². The molecule has 0 spiro atoms. The van der Waals surface area contributed by atoms with Crippen LogP contribution in [-0.4, -0.2) is 98.1 Å². The Hall–Kier alpha value is -3.65. The summed E-state index contributed by atoms with van der Waals surface area (Å²) < 4.78 is 45.1. The fraction of sp³-hybridized carbons (Fsp3) is 0.605. The average Bonchev–Trinajstić information content (AvgIpc) is 3.20. The van der Waals surface area contributed by atoms with E-state index in [9.17, 15) is 18.6 Å². The first-order chi connectivity index (χ1) is 27.5. The van der Waals surface area contributed by atoms with Crippen molar-refractivity contribution in [1.29, 1.82) is 0 Å². The van der Waals surface area contributed by atoms with Gasteiger partial charge < -0.3 is 28.7 Å². The summed E-state index contributed by atoms with van der Waals surface area (Å²) in [7, 11) is -0.552. The fourth-order valence-electron chi connectivity index (χ4n) is 8.09. The summed E-state index contributed by atoms with van der Waals surface area (Å²) in [6, 6.07) is 13.2. The second-order valence-corrected chi connectivity index (χ2v) is 18.1. The van der Waals surface area contributed by atoms with Crippen LogP contribution in [0.5, 0.6) is 5.75 Å². The molecule has 57 heavy (non-hydrogen) atoms. The molecule has 2 bridgehead atoms. The highest BCUT2D eigenvalue weighted by molar-refractivity contribution is 7.93. The Morgan fingerprint density at radius 3 is 2.49 bits per heavy atom. The van der Waals surface area contributed by atoms with E-state index in [0.717, 1.165) is 49.4 Å². The fourth-order valence-corrected chi connectivity index (χ4v) is 10.3. The molecule has 14 heteroatoms. The number of fused-ring (bicyclic) bond motifs is 3. The molecule has 1 aliphatic carbocycles. The number of carbonyl (C=O) groups excluding carboxylic acids is 3. The number of likely N-dealkylation sites (tertiary alicyclic amines) is 1. The molecule has 1 saturated carbocycles. The van der Waals surface area contributed by atoms with Gasteiger partial charge in [0, 0.05) is 43.9 Å². The maximum absolute atomic E-state index is 14.9. The summed E-state index contributed by atoms with van der Waals surface area (Å²) in [6.07, 6.45) is 10.6. The largest absolute Gasteiger partial charge is 0.491 e. The van der Waals surface area contributed by atoms with E-state index in [1.807, 2.05) is 25.1 Å². The van der Waals surface area contributed by atoms with Crippen molar-refractivity contribution in [1.82, 2.24) is 9.62 Å². The van der Waals surface area contributed by atoms with Crippen molar-refractivity contribution in [3.8, 4) is 5.75 Å². The van der Waals surface area contributed by atoms with Gasteiger partial charge in [0.1, 0.15) is 22.3 Å². The van der Waals surface area contributed by atoms with Gasteiger partial charge in [-0.25, -0.2) is 9.00 Å². The summed E-state index contributed by atoms with van der Waals surface area (Å²) in [5, 5.41) is 0.0561. The molecule has 2 aromatic rings. The average molecular weight is 830 g/mol. The zero-order chi connectivity index (χ0) is 41.0. The summed E-state index contributed by atoms with van der Waals surface area (Å²) in [5.41, 5.74) is 2.22. The third-order valence-electron chi connectivity index (χ3n) is 11.8. The third-order valence-corrected chi connectivity index (χ3v) is 14.4. The van der Waals surface area contributed by atoms with Gasteiger partial charge in [-0.1, -0.05) is 49.2 Å². The minimum absolute atomic E-state index is 0.0725. The summed E-state index contributed by atoms with van der Waals surface area (Å²) in [5.74, 6) is -0.0628. The lowest BCUT2D eigenvalue weighted by molar-refractivity contribution is -0.126. The molecule has 2 aliphatic heterocycles. The number of unbranched alkanes of at least 4 members (excludes halogenated alkanes) is 1. The van der Waals surface area contributed by atoms with Crippen LogP contribution in [0.1, 0.15) is 88.1 Å². The molecular weight excluding hydrogens is 768 g/mol. The van der Waals surface area contributed by atoms with E-state index in [1.165, 1.54) is 12.7 Å². The van der Waals surface area contributed by atoms with Crippen LogP contribution in [0, 0.1) is 17.8 Å². The van der Waals surface area contributed by atoms with Crippen LogP contribution in [0.4, 0.5) is 10.5 Å². The highest BCUT2D eigenvalue weighted by Crippen LogP contribution is 2.41. The molecule has 1 N–H and O–H groups in total. The van der Waals surface area contributed by atoms with E-state index < -0.39 is 33.1 Å². The molecule has 5 rings (SSSR count). The van der Waals surface area contributed by atoms with Gasteiger partial charge >= 0.3 is 6.09 Å². The van der Waals surface area contributed by atoms with Crippen molar-refractivity contribution in [3.63, 3.8) is 0 Å². The number of nitrogens with zero attached hydrogens (tertiary/aromatic N) is 3. The van der Waals surface area contributed by atoms with Gasteiger partial charge in [-0.2, -0.15) is 0 Å². The van der Waals surface area contributed by atoms with Crippen LogP contribution in [0.25, 0.3) is 0 Å². The van der Waals surface area contributed by atoms with Gasteiger partial charge in [-0.15, -0.1) is 4.36 Å². The molecule has 0 radical (unpaired) electrons. The molecule has 0 aromatic heterocycles.